The summed E-state index contributed by atoms with van der Waals surface area (Å²) < 4.78 is 4.68. The molecule has 0 bridgehead atoms. The van der Waals surface area contributed by atoms with Crippen molar-refractivity contribution >= 4 is 34.1 Å². The number of aliphatic carboxylic acids is 1. The monoisotopic (exact) mass is 298 g/mol. The van der Waals surface area contributed by atoms with Crippen LogP contribution in [0.2, 0.25) is 0 Å². The van der Waals surface area contributed by atoms with Crippen molar-refractivity contribution in [1.29, 1.82) is 0 Å². The van der Waals surface area contributed by atoms with E-state index in [-0.39, 0.29) is 6.61 Å². The molecule has 7 nitrogen and oxygen atoms in total. The Labute approximate surface area is 118 Å². The maximum absolute atomic E-state index is 11.6. The maximum Gasteiger partial charge on any atom is 0.329 e. The van der Waals surface area contributed by atoms with Crippen LogP contribution in [-0.4, -0.2) is 36.1 Å². The number of carbonyl (C=O) groups excluding carboxylic acids is 2. The first-order valence-electron chi connectivity index (χ1n) is 6.02. The molecule has 0 atom stereocenters. The summed E-state index contributed by atoms with van der Waals surface area (Å²) in [5, 5.41) is 11.4. The second-order valence-electron chi connectivity index (χ2n) is 4.36. The van der Waals surface area contributed by atoms with E-state index in [1.54, 1.807) is 0 Å². The summed E-state index contributed by atoms with van der Waals surface area (Å²) in [4.78, 5) is 34.4. The summed E-state index contributed by atoms with van der Waals surface area (Å²) in [6.45, 7) is -0.926. The molecule has 0 aliphatic heterocycles. The highest BCUT2D eigenvalue weighted by molar-refractivity contribution is 7.17. The molecule has 1 aromatic heterocycles. The fraction of sp³-hybridized carbons (Fsp3) is 0.417. The van der Waals surface area contributed by atoms with Gasteiger partial charge >= 0.3 is 5.97 Å². The SMILES string of the molecule is NC(=O)c1c(NC(=O)COCC(=O)O)sc2c1CCC2. The number of hydrogen-bond donors (Lipinski definition) is 3. The molecular weight excluding hydrogens is 284 g/mol. The van der Waals surface area contributed by atoms with Crippen molar-refractivity contribution in [2.75, 3.05) is 18.5 Å². The van der Waals surface area contributed by atoms with Gasteiger partial charge in [0.2, 0.25) is 0 Å². The highest BCUT2D eigenvalue weighted by Gasteiger charge is 2.26. The lowest BCUT2D eigenvalue weighted by Gasteiger charge is -2.05. The standard InChI is InChI=1S/C12H14N2O5S/c13-11(18)10-6-2-1-3-7(6)20-12(10)14-8(15)4-19-5-9(16)17/h1-5H2,(H2,13,18)(H,14,15)(H,16,17). The Morgan fingerprint density at radius 3 is 2.70 bits per heavy atom. The van der Waals surface area contributed by atoms with Crippen molar-refractivity contribution < 1.29 is 24.2 Å². The Balaban J connectivity index is 2.04. The van der Waals surface area contributed by atoms with Crippen LogP contribution in [0.4, 0.5) is 5.00 Å². The van der Waals surface area contributed by atoms with Gasteiger partial charge in [-0.05, 0) is 24.8 Å². The third-order valence-electron chi connectivity index (χ3n) is 2.88. The molecule has 0 fully saturated rings. The van der Waals surface area contributed by atoms with Gasteiger partial charge in [-0.25, -0.2) is 4.79 Å². The van der Waals surface area contributed by atoms with Crippen LogP contribution < -0.4 is 11.1 Å². The summed E-state index contributed by atoms with van der Waals surface area (Å²) in [6, 6.07) is 0. The van der Waals surface area contributed by atoms with Gasteiger partial charge in [-0.15, -0.1) is 11.3 Å². The van der Waals surface area contributed by atoms with Gasteiger partial charge in [0.15, 0.2) is 0 Å². The molecule has 0 spiro atoms. The van der Waals surface area contributed by atoms with Crippen molar-refractivity contribution in [2.45, 2.75) is 19.3 Å². The fourth-order valence-electron chi connectivity index (χ4n) is 2.15. The Morgan fingerprint density at radius 1 is 1.30 bits per heavy atom. The summed E-state index contributed by atoms with van der Waals surface area (Å²) >= 11 is 1.34. The van der Waals surface area contributed by atoms with Crippen LogP contribution in [0.15, 0.2) is 0 Å². The summed E-state index contributed by atoms with van der Waals surface area (Å²) in [6.07, 6.45) is 2.65. The second-order valence-corrected chi connectivity index (χ2v) is 5.47. The smallest absolute Gasteiger partial charge is 0.329 e. The molecule has 1 aliphatic rings. The predicted octanol–water partition coefficient (Wildman–Crippen LogP) is 0.375. The highest BCUT2D eigenvalue weighted by atomic mass is 32.1. The van der Waals surface area contributed by atoms with Gasteiger partial charge in [-0.2, -0.15) is 0 Å². The zero-order valence-corrected chi connectivity index (χ0v) is 11.4. The van der Waals surface area contributed by atoms with E-state index < -0.39 is 24.4 Å². The van der Waals surface area contributed by atoms with Crippen LogP contribution >= 0.6 is 11.3 Å². The maximum atomic E-state index is 11.6. The average Bonchev–Trinajstić information content (AvgIpc) is 2.87. The number of carboxylic acids is 1. The molecule has 0 saturated heterocycles. The number of amides is 2. The quantitative estimate of drug-likeness (QED) is 0.701. The Hall–Kier alpha value is -1.93. The van der Waals surface area contributed by atoms with Crippen LogP contribution in [0.1, 0.15) is 27.2 Å². The number of carboxylic acid groups (broad SMARTS) is 1. The third-order valence-corrected chi connectivity index (χ3v) is 4.09. The molecule has 0 saturated carbocycles. The van der Waals surface area contributed by atoms with Crippen molar-refractivity contribution in [3.63, 3.8) is 0 Å². The number of anilines is 1. The van der Waals surface area contributed by atoms with Crippen molar-refractivity contribution in [2.24, 2.45) is 5.73 Å². The van der Waals surface area contributed by atoms with E-state index >= 15 is 0 Å². The number of carbonyl (C=O) groups is 3. The molecule has 108 valence electrons. The Kier molecular flexibility index (Phi) is 4.35. The lowest BCUT2D eigenvalue weighted by molar-refractivity contribution is -0.143. The molecule has 1 heterocycles. The molecule has 2 rings (SSSR count). The number of fused-ring (bicyclic) bond motifs is 1. The third kappa shape index (κ3) is 3.14. The fourth-order valence-corrected chi connectivity index (χ4v) is 3.46. The van der Waals surface area contributed by atoms with E-state index in [0.717, 1.165) is 29.7 Å². The molecule has 0 aromatic carbocycles. The predicted molar refractivity (Wildman–Crippen MR) is 71.9 cm³/mol. The number of primary amides is 1. The van der Waals surface area contributed by atoms with Crippen LogP contribution in [0.3, 0.4) is 0 Å². The van der Waals surface area contributed by atoms with E-state index in [9.17, 15) is 14.4 Å². The molecule has 2 amide bonds. The number of aryl methyl sites for hydroxylation is 1. The van der Waals surface area contributed by atoms with E-state index in [1.165, 1.54) is 11.3 Å². The lowest BCUT2D eigenvalue weighted by atomic mass is 10.1. The summed E-state index contributed by atoms with van der Waals surface area (Å²) in [5.74, 6) is -2.22. The number of ether oxygens (including phenoxy) is 1. The zero-order valence-electron chi connectivity index (χ0n) is 10.6. The molecule has 8 heteroatoms. The Bertz CT molecular complexity index is 566. The van der Waals surface area contributed by atoms with Gasteiger partial charge in [0.25, 0.3) is 11.8 Å². The normalized spacial score (nSPS) is 13.0. The molecule has 4 N–H and O–H groups in total. The second kappa shape index (κ2) is 6.02. The van der Waals surface area contributed by atoms with Crippen molar-refractivity contribution in [1.82, 2.24) is 0 Å². The van der Waals surface area contributed by atoms with Gasteiger partial charge in [0.1, 0.15) is 18.2 Å². The number of rotatable bonds is 6. The van der Waals surface area contributed by atoms with Crippen LogP contribution in [-0.2, 0) is 27.2 Å². The molecule has 1 aromatic rings. The van der Waals surface area contributed by atoms with Gasteiger partial charge in [0, 0.05) is 4.88 Å². The summed E-state index contributed by atoms with van der Waals surface area (Å²) in [5.41, 5.74) is 6.65. The average molecular weight is 298 g/mol. The molecule has 0 radical (unpaired) electrons. The highest BCUT2D eigenvalue weighted by Crippen LogP contribution is 2.38. The number of nitrogens with one attached hydrogen (secondary N) is 1. The molecule has 1 aliphatic carbocycles. The van der Waals surface area contributed by atoms with Gasteiger partial charge in [0.05, 0.1) is 5.56 Å². The van der Waals surface area contributed by atoms with E-state index in [0.29, 0.717) is 10.6 Å². The van der Waals surface area contributed by atoms with Crippen molar-refractivity contribution in [3.8, 4) is 0 Å². The van der Waals surface area contributed by atoms with E-state index in [1.807, 2.05) is 0 Å². The Morgan fingerprint density at radius 2 is 2.05 bits per heavy atom. The van der Waals surface area contributed by atoms with Crippen LogP contribution in [0, 0.1) is 0 Å². The first-order chi connectivity index (χ1) is 9.49. The number of hydrogen-bond acceptors (Lipinski definition) is 5. The van der Waals surface area contributed by atoms with Crippen LogP contribution in [0.25, 0.3) is 0 Å². The van der Waals surface area contributed by atoms with E-state index in [4.69, 9.17) is 10.8 Å². The number of nitrogens with two attached hydrogens (primary N) is 1. The lowest BCUT2D eigenvalue weighted by Crippen LogP contribution is -2.22. The molecular formula is C12H14N2O5S. The topological polar surface area (TPSA) is 119 Å². The first kappa shape index (κ1) is 14.5. The van der Waals surface area contributed by atoms with Crippen molar-refractivity contribution in [3.05, 3.63) is 16.0 Å². The number of thiophene rings is 1. The zero-order chi connectivity index (χ0) is 14.7. The summed E-state index contributed by atoms with van der Waals surface area (Å²) in [7, 11) is 0. The minimum atomic E-state index is -1.15. The minimum absolute atomic E-state index is 0.370. The van der Waals surface area contributed by atoms with Gasteiger partial charge in [-0.1, -0.05) is 0 Å². The molecule has 0 unspecified atom stereocenters. The van der Waals surface area contributed by atoms with Gasteiger partial charge < -0.3 is 20.9 Å². The molecule has 20 heavy (non-hydrogen) atoms. The van der Waals surface area contributed by atoms with Gasteiger partial charge in [-0.3, -0.25) is 9.59 Å². The first-order valence-corrected chi connectivity index (χ1v) is 6.84. The largest absolute Gasteiger partial charge is 0.480 e. The minimum Gasteiger partial charge on any atom is -0.480 e. The van der Waals surface area contributed by atoms with E-state index in [2.05, 4.69) is 10.1 Å². The van der Waals surface area contributed by atoms with Crippen LogP contribution in [0.5, 0.6) is 0 Å².